The number of hydrogen-bond donors (Lipinski definition) is 0. The van der Waals surface area contributed by atoms with Crippen LogP contribution in [0.4, 0.5) is 17.1 Å². The van der Waals surface area contributed by atoms with Gasteiger partial charge in [0.05, 0.1) is 5.41 Å². The summed E-state index contributed by atoms with van der Waals surface area (Å²) in [4.78, 5) is 2.45. The summed E-state index contributed by atoms with van der Waals surface area (Å²) >= 11 is 0. The summed E-state index contributed by atoms with van der Waals surface area (Å²) in [6.07, 6.45) is 0. The monoisotopic (exact) mass is 681 g/mol. The third kappa shape index (κ3) is 5.30. The molecule has 0 fully saturated rings. The predicted molar refractivity (Wildman–Crippen MR) is 225 cm³/mol. The molecule has 0 heterocycles. The van der Waals surface area contributed by atoms with Crippen LogP contribution >= 0.6 is 0 Å². The van der Waals surface area contributed by atoms with Gasteiger partial charge in [-0.1, -0.05) is 178 Å². The Bertz CT molecular complexity index is 2570. The second kappa shape index (κ2) is 12.8. The highest BCUT2D eigenvalue weighted by atomic mass is 15.1. The highest BCUT2D eigenvalue weighted by molar-refractivity contribution is 6.00. The molecule has 0 spiro atoms. The zero-order chi connectivity index (χ0) is 36.2. The largest absolute Gasteiger partial charge is 0.310 e. The van der Waals surface area contributed by atoms with Crippen molar-refractivity contribution in [1.29, 1.82) is 0 Å². The van der Waals surface area contributed by atoms with E-state index in [-0.39, 0.29) is 5.41 Å². The fourth-order valence-corrected chi connectivity index (χ4v) is 8.83. The van der Waals surface area contributed by atoms with Gasteiger partial charge in [-0.15, -0.1) is 0 Å². The van der Waals surface area contributed by atoms with E-state index in [0.29, 0.717) is 0 Å². The van der Waals surface area contributed by atoms with Gasteiger partial charge in [-0.25, -0.2) is 0 Å². The molecule has 1 heteroatoms. The molecule has 1 aliphatic carbocycles. The van der Waals surface area contributed by atoms with Gasteiger partial charge in [-0.05, 0) is 109 Å². The molecule has 1 aliphatic rings. The molecule has 0 aliphatic heterocycles. The van der Waals surface area contributed by atoms with E-state index in [0.717, 1.165) is 17.1 Å². The van der Waals surface area contributed by atoms with E-state index in [2.05, 4.69) is 221 Å². The van der Waals surface area contributed by atoms with Crippen molar-refractivity contribution in [3.63, 3.8) is 0 Å². The first kappa shape index (κ1) is 32.7. The minimum Gasteiger partial charge on any atom is -0.310 e. The van der Waals surface area contributed by atoms with Crippen LogP contribution in [0.2, 0.25) is 0 Å². The van der Waals surface area contributed by atoms with Crippen LogP contribution in [0.25, 0.3) is 33.0 Å². The Kier molecular flexibility index (Phi) is 7.90. The molecule has 0 radical (unpaired) electrons. The maximum Gasteiger partial charge on any atom is 0.0714 e. The Morgan fingerprint density at radius 1 is 0.434 bits per heavy atom. The molecule has 0 unspecified atom stereocenters. The van der Waals surface area contributed by atoms with E-state index >= 15 is 0 Å². The van der Waals surface area contributed by atoms with E-state index in [1.807, 2.05) is 0 Å². The number of aryl methyl sites for hydroxylation is 1. The molecule has 0 bridgehead atoms. The predicted octanol–water partition coefficient (Wildman–Crippen LogP) is 13.9. The minimum atomic E-state index is -0.475. The van der Waals surface area contributed by atoms with Crippen LogP contribution < -0.4 is 4.90 Å². The van der Waals surface area contributed by atoms with Gasteiger partial charge in [-0.2, -0.15) is 0 Å². The van der Waals surface area contributed by atoms with Gasteiger partial charge in [0.2, 0.25) is 0 Å². The summed E-state index contributed by atoms with van der Waals surface area (Å²) in [6.45, 7) is 9.12. The Hall–Kier alpha value is -6.18. The Balaban J connectivity index is 1.28. The molecule has 0 aromatic heterocycles. The lowest BCUT2D eigenvalue weighted by Gasteiger charge is -2.35. The van der Waals surface area contributed by atoms with Crippen LogP contribution in [0.15, 0.2) is 188 Å². The highest BCUT2D eigenvalue weighted by Gasteiger charge is 2.46. The standard InChI is InChI=1S/C52H43N/c1-36-18-11-16-29-50(36)53(40-24-17-19-37(34-40)42-32-33-47(51(2,3)4)44-26-13-12-25-43(42)44)41-30-31-46-45-27-14-15-28-48(45)52(49(46)35-41,38-20-7-5-8-21-38)39-22-9-6-10-23-39/h5-35H,1-4H3. The number of nitrogens with zero attached hydrogens (tertiary/aromatic N) is 1. The third-order valence-corrected chi connectivity index (χ3v) is 11.2. The summed E-state index contributed by atoms with van der Waals surface area (Å²) in [6, 6.07) is 69.6. The number of benzene rings is 8. The quantitative estimate of drug-likeness (QED) is 0.169. The zero-order valence-electron chi connectivity index (χ0n) is 30.8. The van der Waals surface area contributed by atoms with E-state index in [1.54, 1.807) is 0 Å². The fraction of sp³-hybridized carbons (Fsp3) is 0.115. The molecule has 256 valence electrons. The number of para-hydroxylation sites is 1. The first-order chi connectivity index (χ1) is 25.9. The first-order valence-electron chi connectivity index (χ1n) is 18.7. The van der Waals surface area contributed by atoms with E-state index in [1.165, 1.54) is 66.4 Å². The van der Waals surface area contributed by atoms with Crippen molar-refractivity contribution < 1.29 is 0 Å². The lowest BCUT2D eigenvalue weighted by Crippen LogP contribution is -2.28. The summed E-state index contributed by atoms with van der Waals surface area (Å²) in [5.74, 6) is 0. The lowest BCUT2D eigenvalue weighted by atomic mass is 9.67. The van der Waals surface area contributed by atoms with Crippen LogP contribution in [0.1, 0.15) is 54.2 Å². The smallest absolute Gasteiger partial charge is 0.0714 e. The third-order valence-electron chi connectivity index (χ3n) is 11.2. The molecule has 8 aromatic carbocycles. The highest BCUT2D eigenvalue weighted by Crippen LogP contribution is 2.57. The van der Waals surface area contributed by atoms with Crippen molar-refractivity contribution in [3.8, 4) is 22.3 Å². The molecule has 8 aromatic rings. The molecular weight excluding hydrogens is 639 g/mol. The Morgan fingerprint density at radius 2 is 1.02 bits per heavy atom. The topological polar surface area (TPSA) is 3.24 Å². The number of fused-ring (bicyclic) bond motifs is 4. The van der Waals surface area contributed by atoms with Crippen LogP contribution in [-0.4, -0.2) is 0 Å². The molecule has 0 N–H and O–H groups in total. The normalized spacial score (nSPS) is 13.1. The molecule has 0 amide bonds. The molecule has 0 atom stereocenters. The van der Waals surface area contributed by atoms with Crippen molar-refractivity contribution in [2.45, 2.75) is 38.5 Å². The van der Waals surface area contributed by atoms with Gasteiger partial charge in [-0.3, -0.25) is 0 Å². The number of hydrogen-bond acceptors (Lipinski definition) is 1. The molecule has 1 nitrogen and oxygen atoms in total. The van der Waals surface area contributed by atoms with Crippen LogP contribution in [0.3, 0.4) is 0 Å². The van der Waals surface area contributed by atoms with Crippen molar-refractivity contribution in [2.24, 2.45) is 0 Å². The first-order valence-corrected chi connectivity index (χ1v) is 18.7. The minimum absolute atomic E-state index is 0.0452. The van der Waals surface area contributed by atoms with E-state index in [9.17, 15) is 0 Å². The average molecular weight is 682 g/mol. The second-order valence-electron chi connectivity index (χ2n) is 15.4. The van der Waals surface area contributed by atoms with Crippen molar-refractivity contribution in [1.82, 2.24) is 0 Å². The number of rotatable bonds is 6. The van der Waals surface area contributed by atoms with Gasteiger partial charge in [0, 0.05) is 17.1 Å². The van der Waals surface area contributed by atoms with Crippen molar-refractivity contribution in [2.75, 3.05) is 4.90 Å². The fourth-order valence-electron chi connectivity index (χ4n) is 8.83. The summed E-state index contributed by atoms with van der Waals surface area (Å²) in [5.41, 5.74) is 15.8. The summed E-state index contributed by atoms with van der Waals surface area (Å²) < 4.78 is 0. The molecular formula is C52H43N. The van der Waals surface area contributed by atoms with Crippen LogP contribution in [-0.2, 0) is 10.8 Å². The van der Waals surface area contributed by atoms with E-state index < -0.39 is 5.41 Å². The maximum absolute atomic E-state index is 2.46. The van der Waals surface area contributed by atoms with Gasteiger partial charge in [0.15, 0.2) is 0 Å². The lowest BCUT2D eigenvalue weighted by molar-refractivity contribution is 0.596. The van der Waals surface area contributed by atoms with Gasteiger partial charge < -0.3 is 4.90 Å². The van der Waals surface area contributed by atoms with Gasteiger partial charge in [0.1, 0.15) is 0 Å². The Morgan fingerprint density at radius 3 is 1.74 bits per heavy atom. The second-order valence-corrected chi connectivity index (χ2v) is 15.4. The molecule has 0 saturated heterocycles. The van der Waals surface area contributed by atoms with Crippen LogP contribution in [0.5, 0.6) is 0 Å². The number of anilines is 3. The zero-order valence-corrected chi connectivity index (χ0v) is 30.8. The molecule has 53 heavy (non-hydrogen) atoms. The average Bonchev–Trinajstić information content (AvgIpc) is 3.49. The SMILES string of the molecule is Cc1ccccc1N(c1cccc(-c2ccc(C(C)(C)C)c3ccccc23)c1)c1ccc2c(c1)C(c1ccccc1)(c1ccccc1)c1ccccc1-2. The van der Waals surface area contributed by atoms with Crippen molar-refractivity contribution >= 4 is 27.8 Å². The molecule has 9 rings (SSSR count). The Labute approximate surface area is 313 Å². The maximum atomic E-state index is 2.46. The van der Waals surface area contributed by atoms with Gasteiger partial charge in [0.25, 0.3) is 0 Å². The van der Waals surface area contributed by atoms with Crippen molar-refractivity contribution in [3.05, 3.63) is 221 Å². The molecule has 0 saturated carbocycles. The summed E-state index contributed by atoms with van der Waals surface area (Å²) in [5, 5.41) is 2.60. The van der Waals surface area contributed by atoms with Gasteiger partial charge >= 0.3 is 0 Å². The van der Waals surface area contributed by atoms with Crippen LogP contribution in [0, 0.1) is 6.92 Å². The van der Waals surface area contributed by atoms with E-state index in [4.69, 9.17) is 0 Å². The summed E-state index contributed by atoms with van der Waals surface area (Å²) in [7, 11) is 0.